The lowest BCUT2D eigenvalue weighted by Gasteiger charge is -2.05. The molecule has 0 saturated heterocycles. The summed E-state index contributed by atoms with van der Waals surface area (Å²) in [6, 6.07) is 3.35. The van der Waals surface area contributed by atoms with E-state index in [-0.39, 0.29) is 6.03 Å². The van der Waals surface area contributed by atoms with Crippen LogP contribution in [-0.4, -0.2) is 11.2 Å². The number of anilines is 1. The van der Waals surface area contributed by atoms with Crippen molar-refractivity contribution in [3.63, 3.8) is 0 Å². The average Bonchev–Trinajstić information content (AvgIpc) is 2.87. The van der Waals surface area contributed by atoms with E-state index in [1.807, 2.05) is 19.1 Å². The maximum Gasteiger partial charge on any atom is 0.319 e. The van der Waals surface area contributed by atoms with Crippen LogP contribution in [0.25, 0.3) is 0 Å². The number of hydrogen-bond donors (Lipinski definition) is 2. The van der Waals surface area contributed by atoms with Crippen LogP contribution in [0.3, 0.4) is 0 Å². The van der Waals surface area contributed by atoms with Crippen LogP contribution in [0.15, 0.2) is 21.1 Å². The molecular formula is C12H15N3O3. The molecule has 6 heteroatoms. The Balaban J connectivity index is 1.89. The van der Waals surface area contributed by atoms with Crippen molar-refractivity contribution < 1.29 is 13.7 Å². The van der Waals surface area contributed by atoms with Gasteiger partial charge in [-0.3, -0.25) is 0 Å². The van der Waals surface area contributed by atoms with E-state index in [1.54, 1.807) is 13.8 Å². The van der Waals surface area contributed by atoms with Gasteiger partial charge in [0.05, 0.1) is 6.54 Å². The molecule has 0 aliphatic carbocycles. The number of aryl methyl sites for hydroxylation is 3. The molecule has 0 radical (unpaired) electrons. The fraction of sp³-hybridized carbons (Fsp3) is 0.333. The first kappa shape index (κ1) is 12.2. The summed E-state index contributed by atoms with van der Waals surface area (Å²) in [5, 5.41) is 9.13. The molecular weight excluding hydrogens is 234 g/mol. The van der Waals surface area contributed by atoms with Crippen LogP contribution in [-0.2, 0) is 6.54 Å². The minimum atomic E-state index is -0.321. The number of nitrogens with zero attached hydrogens (tertiary/aromatic N) is 1. The van der Waals surface area contributed by atoms with Crippen LogP contribution >= 0.6 is 0 Å². The van der Waals surface area contributed by atoms with Crippen LogP contribution < -0.4 is 10.6 Å². The highest BCUT2D eigenvalue weighted by Gasteiger charge is 2.12. The molecule has 0 aliphatic rings. The Hall–Kier alpha value is -2.24. The second-order valence-corrected chi connectivity index (χ2v) is 4.02. The Kier molecular flexibility index (Phi) is 3.36. The number of nitrogens with one attached hydrogen (secondary N) is 2. The highest BCUT2D eigenvalue weighted by Crippen LogP contribution is 2.18. The predicted octanol–water partition coefficient (Wildman–Crippen LogP) is 2.51. The first-order valence-corrected chi connectivity index (χ1v) is 5.59. The van der Waals surface area contributed by atoms with Gasteiger partial charge in [-0.05, 0) is 32.9 Å². The fourth-order valence-corrected chi connectivity index (χ4v) is 1.57. The molecule has 2 rings (SSSR count). The molecule has 0 aromatic carbocycles. The minimum Gasteiger partial charge on any atom is -0.465 e. The van der Waals surface area contributed by atoms with Crippen LogP contribution in [0.5, 0.6) is 0 Å². The second kappa shape index (κ2) is 4.95. The molecule has 2 aromatic heterocycles. The number of urea groups is 1. The summed E-state index contributed by atoms with van der Waals surface area (Å²) in [6.07, 6.45) is 0. The van der Waals surface area contributed by atoms with E-state index in [0.717, 1.165) is 5.76 Å². The number of rotatable bonds is 3. The van der Waals surface area contributed by atoms with E-state index >= 15 is 0 Å². The number of hydrogen-bond acceptors (Lipinski definition) is 4. The van der Waals surface area contributed by atoms with Gasteiger partial charge in [-0.15, -0.1) is 0 Å². The van der Waals surface area contributed by atoms with Crippen molar-refractivity contribution in [2.45, 2.75) is 27.3 Å². The monoisotopic (exact) mass is 249 g/mol. The summed E-state index contributed by atoms with van der Waals surface area (Å²) >= 11 is 0. The van der Waals surface area contributed by atoms with Gasteiger partial charge in [0.15, 0.2) is 5.76 Å². The average molecular weight is 249 g/mol. The smallest absolute Gasteiger partial charge is 0.319 e. The molecule has 0 unspecified atom stereocenters. The van der Waals surface area contributed by atoms with Crippen molar-refractivity contribution in [2.75, 3.05) is 5.32 Å². The lowest BCUT2D eigenvalue weighted by molar-refractivity contribution is 0.250. The Morgan fingerprint density at radius 1 is 1.33 bits per heavy atom. The van der Waals surface area contributed by atoms with Gasteiger partial charge in [-0.25, -0.2) is 4.79 Å². The molecule has 96 valence electrons. The molecule has 2 heterocycles. The molecule has 0 saturated carbocycles. The quantitative estimate of drug-likeness (QED) is 0.875. The summed E-state index contributed by atoms with van der Waals surface area (Å²) in [5.74, 6) is 2.11. The zero-order valence-corrected chi connectivity index (χ0v) is 10.5. The second-order valence-electron chi connectivity index (χ2n) is 4.02. The van der Waals surface area contributed by atoms with Gasteiger partial charge in [0.1, 0.15) is 22.9 Å². The molecule has 2 amide bonds. The zero-order valence-electron chi connectivity index (χ0n) is 10.5. The van der Waals surface area contributed by atoms with E-state index in [9.17, 15) is 4.79 Å². The van der Waals surface area contributed by atoms with Crippen molar-refractivity contribution in [2.24, 2.45) is 0 Å². The number of amides is 2. The molecule has 6 nitrogen and oxygen atoms in total. The third-order valence-electron chi connectivity index (χ3n) is 2.49. The summed E-state index contributed by atoms with van der Waals surface area (Å²) in [7, 11) is 0. The van der Waals surface area contributed by atoms with Crippen molar-refractivity contribution in [1.29, 1.82) is 0 Å². The van der Waals surface area contributed by atoms with Gasteiger partial charge in [0.25, 0.3) is 0 Å². The van der Waals surface area contributed by atoms with Gasteiger partial charge >= 0.3 is 6.03 Å². The van der Waals surface area contributed by atoms with Gasteiger partial charge in [-0.2, -0.15) is 0 Å². The standard InChI is InChI=1S/C12H15N3O3/c1-7-4-5-10(17-7)6-13-12(16)14-11-8(2)15-18-9(11)3/h4-5H,6H2,1-3H3,(H2,13,14,16). The van der Waals surface area contributed by atoms with Crippen molar-refractivity contribution in [1.82, 2.24) is 10.5 Å². The van der Waals surface area contributed by atoms with E-state index in [2.05, 4.69) is 15.8 Å². The van der Waals surface area contributed by atoms with E-state index in [4.69, 9.17) is 8.94 Å². The van der Waals surface area contributed by atoms with Crippen LogP contribution in [0, 0.1) is 20.8 Å². The molecule has 2 aromatic rings. The van der Waals surface area contributed by atoms with Crippen molar-refractivity contribution in [3.8, 4) is 0 Å². The maximum atomic E-state index is 11.7. The Morgan fingerprint density at radius 3 is 2.67 bits per heavy atom. The highest BCUT2D eigenvalue weighted by molar-refractivity contribution is 5.90. The van der Waals surface area contributed by atoms with E-state index in [0.29, 0.717) is 29.4 Å². The van der Waals surface area contributed by atoms with Gasteiger partial charge in [-0.1, -0.05) is 5.16 Å². The summed E-state index contributed by atoms with van der Waals surface area (Å²) in [4.78, 5) is 11.7. The topological polar surface area (TPSA) is 80.3 Å². The normalized spacial score (nSPS) is 10.4. The minimum absolute atomic E-state index is 0.321. The van der Waals surface area contributed by atoms with Crippen LogP contribution in [0.4, 0.5) is 10.5 Å². The lowest BCUT2D eigenvalue weighted by Crippen LogP contribution is -2.28. The third-order valence-corrected chi connectivity index (χ3v) is 2.49. The van der Waals surface area contributed by atoms with Gasteiger partial charge in [0.2, 0.25) is 0 Å². The summed E-state index contributed by atoms with van der Waals surface area (Å²) in [6.45, 7) is 5.70. The number of furan rings is 1. The number of aromatic nitrogens is 1. The molecule has 2 N–H and O–H groups in total. The van der Waals surface area contributed by atoms with E-state index < -0.39 is 0 Å². The Labute approximate surface area is 104 Å². The summed E-state index contributed by atoms with van der Waals surface area (Å²) < 4.78 is 10.3. The van der Waals surface area contributed by atoms with E-state index in [1.165, 1.54) is 0 Å². The largest absolute Gasteiger partial charge is 0.465 e. The molecule has 0 fully saturated rings. The first-order valence-electron chi connectivity index (χ1n) is 5.59. The maximum absolute atomic E-state index is 11.7. The SMILES string of the molecule is Cc1ccc(CNC(=O)Nc2c(C)noc2C)o1. The molecule has 0 bridgehead atoms. The Morgan fingerprint density at radius 2 is 2.11 bits per heavy atom. The zero-order chi connectivity index (χ0) is 13.1. The molecule has 0 atom stereocenters. The van der Waals surface area contributed by atoms with Gasteiger partial charge in [0, 0.05) is 0 Å². The molecule has 18 heavy (non-hydrogen) atoms. The van der Waals surface area contributed by atoms with Crippen LogP contribution in [0.1, 0.15) is 23.0 Å². The predicted molar refractivity (Wildman–Crippen MR) is 65.3 cm³/mol. The summed E-state index contributed by atoms with van der Waals surface area (Å²) in [5.41, 5.74) is 1.25. The van der Waals surface area contributed by atoms with Crippen molar-refractivity contribution >= 4 is 11.7 Å². The Bertz CT molecular complexity index is 537. The van der Waals surface area contributed by atoms with Crippen LogP contribution in [0.2, 0.25) is 0 Å². The van der Waals surface area contributed by atoms with Crippen molar-refractivity contribution in [3.05, 3.63) is 35.1 Å². The lowest BCUT2D eigenvalue weighted by atomic mass is 10.3. The van der Waals surface area contributed by atoms with Gasteiger partial charge < -0.3 is 19.6 Å². The third kappa shape index (κ3) is 2.71. The molecule has 0 aliphatic heterocycles. The highest BCUT2D eigenvalue weighted by atomic mass is 16.5. The first-order chi connectivity index (χ1) is 8.56. The molecule has 0 spiro atoms. The fourth-order valence-electron chi connectivity index (χ4n) is 1.57. The number of carbonyl (C=O) groups excluding carboxylic acids is 1. The number of carbonyl (C=O) groups is 1.